The van der Waals surface area contributed by atoms with Crippen LogP contribution in [0.25, 0.3) is 0 Å². The van der Waals surface area contributed by atoms with Crippen molar-refractivity contribution in [1.29, 1.82) is 0 Å². The smallest absolute Gasteiger partial charge is 2.00 e. The van der Waals surface area contributed by atoms with E-state index in [1.54, 1.807) is 0 Å². The molecular weight excluding hydrogens is 671 g/mol. The van der Waals surface area contributed by atoms with E-state index in [1.807, 2.05) is 0 Å². The van der Waals surface area contributed by atoms with Crippen LogP contribution in [0.1, 0.15) is 0 Å². The van der Waals surface area contributed by atoms with Crippen LogP contribution in [0.3, 0.4) is 0 Å². The minimum absolute atomic E-state index is 0. The van der Waals surface area contributed by atoms with Gasteiger partial charge < -0.3 is 16.4 Å². The monoisotopic (exact) mass is 664 g/mol. The van der Waals surface area contributed by atoms with Crippen LogP contribution in [0.5, 0.6) is 0 Å². The minimum atomic E-state index is 0. The zero-order valence-corrected chi connectivity index (χ0v) is 12.9. The molecule has 0 saturated carbocycles. The summed E-state index contributed by atoms with van der Waals surface area (Å²) < 4.78 is 0. The van der Waals surface area contributed by atoms with E-state index in [2.05, 4.69) is 0 Å². The second-order valence-corrected chi connectivity index (χ2v) is 0. The Kier molecular flexibility index (Phi) is 359. The van der Waals surface area contributed by atoms with Crippen molar-refractivity contribution in [2.45, 2.75) is 0 Å². The second-order valence-electron chi connectivity index (χ2n) is 0. The van der Waals surface area contributed by atoms with Gasteiger partial charge in [0.2, 0.25) is 0 Å². The number of hydrogen-bond donors (Lipinski definition) is 0. The molecule has 0 aromatic heterocycles. The molecule has 7 heteroatoms. The Morgan fingerprint density at radius 3 is 0.429 bits per heavy atom. The first kappa shape index (κ1) is 57.5. The maximum Gasteiger partial charge on any atom is 3.00 e. The van der Waals surface area contributed by atoms with Crippen molar-refractivity contribution in [3.05, 3.63) is 0 Å². The van der Waals surface area contributed by atoms with Gasteiger partial charge in [-0.3, -0.25) is 0 Å². The van der Waals surface area contributed by atoms with Crippen LogP contribution in [-0.4, -0.2) is 0 Å². The van der Waals surface area contributed by atoms with Crippen molar-refractivity contribution in [3.63, 3.8) is 0 Å². The van der Waals surface area contributed by atoms with E-state index in [-0.39, 0.29) is 173 Å². The molecule has 0 bridgehead atoms. The van der Waals surface area contributed by atoms with Gasteiger partial charge in [0.1, 0.15) is 0 Å². The summed E-state index contributed by atoms with van der Waals surface area (Å²) in [7, 11) is 0. The summed E-state index contributed by atoms with van der Waals surface area (Å²) in [5.74, 6) is 0. The van der Waals surface area contributed by atoms with Crippen molar-refractivity contribution < 1.29 is 173 Å². The first-order valence-electron chi connectivity index (χ1n) is 0. The Labute approximate surface area is 167 Å². The fourth-order valence-corrected chi connectivity index (χ4v) is 0. The molecule has 0 aliphatic carbocycles. The molecular formula is Er2Nd2O3. The fraction of sp³-hybridized carbons (Fsp3) is 0. The molecule has 0 saturated heterocycles. The molecule has 0 spiro atoms. The third-order valence-corrected chi connectivity index (χ3v) is 0. The van der Waals surface area contributed by atoms with Gasteiger partial charge in [0.25, 0.3) is 0 Å². The maximum absolute atomic E-state index is 0. The van der Waals surface area contributed by atoms with Gasteiger partial charge in [0.05, 0.1) is 0 Å². The van der Waals surface area contributed by atoms with Crippen LogP contribution in [0.15, 0.2) is 0 Å². The molecule has 2 radical (unpaired) electrons. The van der Waals surface area contributed by atoms with Gasteiger partial charge in [-0.15, -0.1) is 0 Å². The summed E-state index contributed by atoms with van der Waals surface area (Å²) in [5.41, 5.74) is 0. The quantitative estimate of drug-likeness (QED) is 0.338. The second kappa shape index (κ2) is 43.6. The summed E-state index contributed by atoms with van der Waals surface area (Å²) in [6.07, 6.45) is 0. The first-order chi connectivity index (χ1) is 0. The minimum Gasteiger partial charge on any atom is -2.00 e. The molecule has 0 aliphatic heterocycles. The first-order valence-corrected chi connectivity index (χ1v) is 0. The largest absolute Gasteiger partial charge is 3.00 e. The number of hydrogen-bond acceptors (Lipinski definition) is 0. The molecule has 0 fully saturated rings. The van der Waals surface area contributed by atoms with Gasteiger partial charge in [0, 0.05) is 81.7 Å². The molecule has 0 heterocycles. The molecule has 0 atom stereocenters. The zero-order valence-electron chi connectivity index (χ0n) is 2.80. The molecule has 50 valence electrons. The third kappa shape index (κ3) is 35.4. The average Bonchev–Trinajstić information content (AvgIpc) is 0. The predicted octanol–water partition coefficient (Wildman–Crippen LogP) is -0.356. The van der Waals surface area contributed by atoms with E-state index in [9.17, 15) is 0 Å². The summed E-state index contributed by atoms with van der Waals surface area (Å²) in [6, 6.07) is 0. The van der Waals surface area contributed by atoms with Crippen LogP contribution in [0.2, 0.25) is 0 Å². The van der Waals surface area contributed by atoms with E-state index in [4.69, 9.17) is 0 Å². The van der Waals surface area contributed by atoms with Crippen LogP contribution >= 0.6 is 0 Å². The molecule has 0 aromatic carbocycles. The summed E-state index contributed by atoms with van der Waals surface area (Å²) >= 11 is 0. The molecule has 0 unspecified atom stereocenters. The molecule has 0 aliphatic rings. The Hall–Kier alpha value is 5.07. The van der Waals surface area contributed by atoms with E-state index in [0.717, 1.165) is 0 Å². The summed E-state index contributed by atoms with van der Waals surface area (Å²) in [6.45, 7) is 0. The van der Waals surface area contributed by atoms with Crippen LogP contribution < -0.4 is 0 Å². The van der Waals surface area contributed by atoms with Crippen molar-refractivity contribution in [3.8, 4) is 0 Å². The molecule has 0 N–H and O–H groups in total. The molecule has 7 heavy (non-hydrogen) atoms. The third-order valence-electron chi connectivity index (χ3n) is 0. The van der Waals surface area contributed by atoms with Crippen molar-refractivity contribution >= 4 is 0 Å². The van der Waals surface area contributed by atoms with Gasteiger partial charge in [-0.25, -0.2) is 0 Å². The average molecular weight is 671 g/mol. The summed E-state index contributed by atoms with van der Waals surface area (Å²) in [4.78, 5) is 0. The Morgan fingerprint density at radius 2 is 0.429 bits per heavy atom. The predicted molar refractivity (Wildman–Crippen MR) is 2.06 cm³/mol. The molecule has 0 aromatic rings. The SMILES string of the molecule is [Er+3].[Er+3].[Nd].[Nd].[O-2].[O-2].[O-2]. The maximum atomic E-state index is 0. The van der Waals surface area contributed by atoms with Gasteiger partial charge in [-0.05, 0) is 0 Å². The Bertz CT molecular complexity index is 10.9. The fourth-order valence-electron chi connectivity index (χ4n) is 0. The van der Waals surface area contributed by atoms with E-state index in [0.29, 0.717) is 0 Å². The van der Waals surface area contributed by atoms with Gasteiger partial charge in [-0.1, -0.05) is 0 Å². The van der Waals surface area contributed by atoms with Crippen molar-refractivity contribution in [1.82, 2.24) is 0 Å². The van der Waals surface area contributed by atoms with Gasteiger partial charge in [0.15, 0.2) is 0 Å². The Balaban J connectivity index is 0. The van der Waals surface area contributed by atoms with E-state index in [1.165, 1.54) is 0 Å². The zero-order chi connectivity index (χ0) is 0. The molecule has 0 rings (SSSR count). The van der Waals surface area contributed by atoms with E-state index >= 15 is 0 Å². The van der Waals surface area contributed by atoms with Crippen LogP contribution in [0.4, 0.5) is 0 Å². The topological polar surface area (TPSA) is 85.5 Å². The molecule has 3 nitrogen and oxygen atoms in total. The number of rotatable bonds is 0. The molecule has 0 amide bonds. The Morgan fingerprint density at radius 1 is 0.429 bits per heavy atom. The van der Waals surface area contributed by atoms with Crippen LogP contribution in [0, 0.1) is 156 Å². The summed E-state index contributed by atoms with van der Waals surface area (Å²) in [5, 5.41) is 0. The standard InChI is InChI=1S/2Er.2Nd.3O/q2*+3;;;3*-2. The van der Waals surface area contributed by atoms with E-state index < -0.39 is 0 Å². The van der Waals surface area contributed by atoms with Crippen molar-refractivity contribution in [2.24, 2.45) is 0 Å². The van der Waals surface area contributed by atoms with Gasteiger partial charge >= 0.3 is 74.6 Å². The van der Waals surface area contributed by atoms with Crippen LogP contribution in [-0.2, 0) is 16.4 Å². The van der Waals surface area contributed by atoms with Gasteiger partial charge in [-0.2, -0.15) is 0 Å². The van der Waals surface area contributed by atoms with Crippen molar-refractivity contribution in [2.75, 3.05) is 0 Å². The normalized spacial score (nSPS) is 0.